The number of aliphatic hydroxyl groups is 1. The van der Waals surface area contributed by atoms with E-state index in [1.54, 1.807) is 41.5 Å². The van der Waals surface area contributed by atoms with Crippen LogP contribution in [0.25, 0.3) is 5.69 Å². The molecule has 1 atom stereocenters. The number of amides is 1. The first kappa shape index (κ1) is 13.2. The Kier molecular flexibility index (Phi) is 4.25. The van der Waals surface area contributed by atoms with E-state index >= 15 is 0 Å². The van der Waals surface area contributed by atoms with Crippen molar-refractivity contribution in [1.29, 1.82) is 0 Å². The lowest BCUT2D eigenvalue weighted by Crippen LogP contribution is -2.37. The average molecular weight is 260 g/mol. The van der Waals surface area contributed by atoms with Gasteiger partial charge in [-0.2, -0.15) is 5.10 Å². The lowest BCUT2D eigenvalue weighted by Gasteiger charge is -2.13. The highest BCUT2D eigenvalue weighted by Crippen LogP contribution is 2.07. The predicted octanol–water partition coefficient (Wildman–Crippen LogP) is 0.768. The molecule has 2 aromatic rings. The van der Waals surface area contributed by atoms with Gasteiger partial charge in [-0.15, -0.1) is 0 Å². The van der Waals surface area contributed by atoms with Crippen molar-refractivity contribution in [2.75, 3.05) is 6.61 Å². The van der Waals surface area contributed by atoms with Crippen LogP contribution < -0.4 is 5.32 Å². The zero-order valence-corrected chi connectivity index (χ0v) is 10.7. The summed E-state index contributed by atoms with van der Waals surface area (Å²) in [4.78, 5) is 16.0. The number of aliphatic hydroxyl groups excluding tert-OH is 1. The number of carbonyl (C=O) groups excluding carboxylic acids is 1. The molecule has 0 aliphatic carbocycles. The summed E-state index contributed by atoms with van der Waals surface area (Å²) in [6.07, 6.45) is 5.69. The van der Waals surface area contributed by atoms with Crippen molar-refractivity contribution in [1.82, 2.24) is 20.1 Å². The van der Waals surface area contributed by atoms with Gasteiger partial charge >= 0.3 is 0 Å². The molecule has 100 valence electrons. The molecule has 1 unspecified atom stereocenters. The number of hydrogen-bond donors (Lipinski definition) is 2. The van der Waals surface area contributed by atoms with Crippen molar-refractivity contribution >= 4 is 5.91 Å². The summed E-state index contributed by atoms with van der Waals surface area (Å²) in [6.45, 7) is 1.82. The van der Waals surface area contributed by atoms with Crippen LogP contribution in [0.1, 0.15) is 23.8 Å². The van der Waals surface area contributed by atoms with Crippen LogP contribution in [0.5, 0.6) is 0 Å². The second-order valence-corrected chi connectivity index (χ2v) is 4.11. The Bertz CT molecular complexity index is 535. The predicted molar refractivity (Wildman–Crippen MR) is 70.0 cm³/mol. The van der Waals surface area contributed by atoms with Crippen molar-refractivity contribution in [2.24, 2.45) is 0 Å². The second kappa shape index (κ2) is 6.10. The number of hydrogen-bond acceptors (Lipinski definition) is 4. The molecular formula is C13H16N4O2. The van der Waals surface area contributed by atoms with Crippen LogP contribution in [0.15, 0.2) is 36.8 Å². The van der Waals surface area contributed by atoms with Crippen LogP contribution in [0.2, 0.25) is 0 Å². The third-order valence-corrected chi connectivity index (χ3v) is 2.79. The van der Waals surface area contributed by atoms with E-state index in [4.69, 9.17) is 5.11 Å². The van der Waals surface area contributed by atoms with Gasteiger partial charge in [0.1, 0.15) is 5.69 Å². The van der Waals surface area contributed by atoms with E-state index in [9.17, 15) is 4.79 Å². The van der Waals surface area contributed by atoms with Crippen LogP contribution in [0.3, 0.4) is 0 Å². The molecule has 0 radical (unpaired) electrons. The topological polar surface area (TPSA) is 80.0 Å². The SMILES string of the molecule is CCC(CO)NC(=O)c1cc(-n2cccn2)ccn1. The molecular weight excluding hydrogens is 244 g/mol. The molecule has 0 spiro atoms. The van der Waals surface area contributed by atoms with Gasteiger partial charge in [0.15, 0.2) is 0 Å². The molecule has 6 heteroatoms. The summed E-state index contributed by atoms with van der Waals surface area (Å²) in [5.41, 5.74) is 1.07. The van der Waals surface area contributed by atoms with Gasteiger partial charge in [0, 0.05) is 18.6 Å². The van der Waals surface area contributed by atoms with Gasteiger partial charge in [0.25, 0.3) is 5.91 Å². The zero-order valence-electron chi connectivity index (χ0n) is 10.7. The van der Waals surface area contributed by atoms with Crippen LogP contribution in [-0.4, -0.2) is 38.4 Å². The van der Waals surface area contributed by atoms with E-state index in [1.165, 1.54) is 0 Å². The molecule has 2 aromatic heterocycles. The maximum absolute atomic E-state index is 12.0. The largest absolute Gasteiger partial charge is 0.394 e. The first-order chi connectivity index (χ1) is 9.24. The molecule has 0 fully saturated rings. The molecule has 6 nitrogen and oxygen atoms in total. The molecule has 0 aliphatic rings. The van der Waals surface area contributed by atoms with E-state index in [1.807, 2.05) is 6.92 Å². The number of nitrogens with one attached hydrogen (secondary N) is 1. The minimum Gasteiger partial charge on any atom is -0.394 e. The number of rotatable bonds is 5. The van der Waals surface area contributed by atoms with Crippen LogP contribution >= 0.6 is 0 Å². The third-order valence-electron chi connectivity index (χ3n) is 2.79. The smallest absolute Gasteiger partial charge is 0.270 e. The Balaban J connectivity index is 2.17. The Morgan fingerprint density at radius 3 is 3.00 bits per heavy atom. The Morgan fingerprint density at radius 1 is 1.53 bits per heavy atom. The molecule has 2 rings (SSSR count). The summed E-state index contributed by atoms with van der Waals surface area (Å²) in [5, 5.41) is 15.9. The molecule has 0 aromatic carbocycles. The number of pyridine rings is 1. The summed E-state index contributed by atoms with van der Waals surface area (Å²) >= 11 is 0. The van der Waals surface area contributed by atoms with E-state index in [0.29, 0.717) is 12.1 Å². The van der Waals surface area contributed by atoms with Crippen LogP contribution in [0, 0.1) is 0 Å². The molecule has 2 N–H and O–H groups in total. The van der Waals surface area contributed by atoms with Crippen molar-refractivity contribution in [3.05, 3.63) is 42.5 Å². The lowest BCUT2D eigenvalue weighted by atomic mass is 10.2. The first-order valence-corrected chi connectivity index (χ1v) is 6.12. The number of nitrogens with zero attached hydrogens (tertiary/aromatic N) is 3. The van der Waals surface area contributed by atoms with Crippen LogP contribution in [-0.2, 0) is 0 Å². The molecule has 19 heavy (non-hydrogen) atoms. The maximum Gasteiger partial charge on any atom is 0.270 e. The maximum atomic E-state index is 12.0. The quantitative estimate of drug-likeness (QED) is 0.832. The Morgan fingerprint density at radius 2 is 2.37 bits per heavy atom. The van der Waals surface area contributed by atoms with Gasteiger partial charge in [0.05, 0.1) is 18.3 Å². The fourth-order valence-electron chi connectivity index (χ4n) is 1.64. The molecule has 0 saturated carbocycles. The third kappa shape index (κ3) is 3.17. The molecule has 0 bridgehead atoms. The minimum atomic E-state index is -0.296. The van der Waals surface area contributed by atoms with Gasteiger partial charge in [-0.1, -0.05) is 6.92 Å². The van der Waals surface area contributed by atoms with E-state index in [-0.39, 0.29) is 18.6 Å². The van der Waals surface area contributed by atoms with Crippen molar-refractivity contribution in [3.63, 3.8) is 0 Å². The highest BCUT2D eigenvalue weighted by molar-refractivity contribution is 5.92. The van der Waals surface area contributed by atoms with Gasteiger partial charge in [-0.25, -0.2) is 4.68 Å². The van der Waals surface area contributed by atoms with Crippen molar-refractivity contribution in [2.45, 2.75) is 19.4 Å². The second-order valence-electron chi connectivity index (χ2n) is 4.11. The minimum absolute atomic E-state index is 0.0823. The Labute approximate surface area is 111 Å². The molecule has 1 amide bonds. The highest BCUT2D eigenvalue weighted by atomic mass is 16.3. The van der Waals surface area contributed by atoms with E-state index < -0.39 is 0 Å². The summed E-state index contributed by atoms with van der Waals surface area (Å²) in [7, 11) is 0. The average Bonchev–Trinajstić information content (AvgIpc) is 2.99. The van der Waals surface area contributed by atoms with Crippen LogP contribution in [0.4, 0.5) is 0 Å². The summed E-state index contributed by atoms with van der Waals surface area (Å²) in [6, 6.07) is 4.99. The summed E-state index contributed by atoms with van der Waals surface area (Å²) in [5.74, 6) is -0.296. The van der Waals surface area contributed by atoms with E-state index in [0.717, 1.165) is 5.69 Å². The van der Waals surface area contributed by atoms with Gasteiger partial charge < -0.3 is 10.4 Å². The monoisotopic (exact) mass is 260 g/mol. The van der Waals surface area contributed by atoms with Gasteiger partial charge in [-0.3, -0.25) is 9.78 Å². The number of aromatic nitrogens is 3. The normalized spacial score (nSPS) is 12.1. The fraction of sp³-hybridized carbons (Fsp3) is 0.308. The van der Waals surface area contributed by atoms with Crippen molar-refractivity contribution in [3.8, 4) is 5.69 Å². The molecule has 0 saturated heterocycles. The van der Waals surface area contributed by atoms with Gasteiger partial charge in [-0.05, 0) is 24.6 Å². The molecule has 2 heterocycles. The summed E-state index contributed by atoms with van der Waals surface area (Å²) < 4.78 is 1.65. The first-order valence-electron chi connectivity index (χ1n) is 6.12. The number of carbonyl (C=O) groups is 1. The Hall–Kier alpha value is -2.21. The molecule has 0 aliphatic heterocycles. The highest BCUT2D eigenvalue weighted by Gasteiger charge is 2.13. The standard InChI is InChI=1S/C13H16N4O2/c1-2-10(9-18)16-13(19)12-8-11(4-6-14-12)17-7-3-5-15-17/h3-8,10,18H,2,9H2,1H3,(H,16,19). The lowest BCUT2D eigenvalue weighted by molar-refractivity contribution is 0.0910. The fourth-order valence-corrected chi connectivity index (χ4v) is 1.64. The van der Waals surface area contributed by atoms with Gasteiger partial charge in [0.2, 0.25) is 0 Å². The zero-order chi connectivity index (χ0) is 13.7. The van der Waals surface area contributed by atoms with Crippen molar-refractivity contribution < 1.29 is 9.90 Å². The van der Waals surface area contributed by atoms with E-state index in [2.05, 4.69) is 15.4 Å².